The highest BCUT2D eigenvalue weighted by atomic mass is 16.5. The van der Waals surface area contributed by atoms with Crippen LogP contribution in [0.25, 0.3) is 11.0 Å². The zero-order chi connectivity index (χ0) is 15.7. The largest absolute Gasteiger partial charge is 0.377 e. The first kappa shape index (κ1) is 14.5. The lowest BCUT2D eigenvalue weighted by Crippen LogP contribution is -2.21. The van der Waals surface area contributed by atoms with Crippen molar-refractivity contribution in [3.63, 3.8) is 0 Å². The highest BCUT2D eigenvalue weighted by Gasteiger charge is 2.16. The number of hydrogen-bond donors (Lipinski definition) is 0. The molecule has 8 heteroatoms. The minimum absolute atomic E-state index is 0.365. The van der Waals surface area contributed by atoms with Crippen LogP contribution in [0.2, 0.25) is 0 Å². The summed E-state index contributed by atoms with van der Waals surface area (Å²) in [5, 5.41) is 5.20. The van der Waals surface area contributed by atoms with Gasteiger partial charge in [-0.2, -0.15) is 5.10 Å². The first-order valence-electron chi connectivity index (χ1n) is 6.95. The van der Waals surface area contributed by atoms with Crippen LogP contribution in [-0.2, 0) is 32.0 Å². The summed E-state index contributed by atoms with van der Waals surface area (Å²) in [5.74, 6) is 2.43. The van der Waals surface area contributed by atoms with Crippen molar-refractivity contribution in [1.29, 1.82) is 0 Å². The molecule has 0 saturated heterocycles. The number of hydrogen-bond acceptors (Lipinski definition) is 6. The van der Waals surface area contributed by atoms with Crippen molar-refractivity contribution in [3.05, 3.63) is 30.2 Å². The van der Waals surface area contributed by atoms with Crippen molar-refractivity contribution < 1.29 is 4.74 Å². The standard InChI is InChI=1S/C14H19N7O/c1-19-6-5-15-12(19)8-20(2)13-10-7-16-21(3)14(10)18-11(17-13)9-22-4/h5-7H,8-9H2,1-4H3. The zero-order valence-electron chi connectivity index (χ0n) is 13.2. The quantitative estimate of drug-likeness (QED) is 0.696. The monoisotopic (exact) mass is 301 g/mol. The lowest BCUT2D eigenvalue weighted by Gasteiger charge is -2.19. The second-order valence-electron chi connectivity index (χ2n) is 5.21. The Kier molecular flexibility index (Phi) is 3.76. The molecule has 0 bridgehead atoms. The number of aromatic nitrogens is 6. The summed E-state index contributed by atoms with van der Waals surface area (Å²) < 4.78 is 8.90. The van der Waals surface area contributed by atoms with Crippen molar-refractivity contribution in [2.45, 2.75) is 13.2 Å². The molecular formula is C14H19N7O. The number of anilines is 1. The Hall–Kier alpha value is -2.48. The summed E-state index contributed by atoms with van der Waals surface area (Å²) in [6.07, 6.45) is 5.51. The lowest BCUT2D eigenvalue weighted by atomic mass is 10.3. The van der Waals surface area contributed by atoms with E-state index in [4.69, 9.17) is 4.74 Å². The molecule has 3 heterocycles. The Labute approximate surface area is 128 Å². The van der Waals surface area contributed by atoms with E-state index in [0.717, 1.165) is 22.7 Å². The topological polar surface area (TPSA) is 73.9 Å². The molecule has 0 radical (unpaired) electrons. The maximum absolute atomic E-state index is 5.16. The van der Waals surface area contributed by atoms with Gasteiger partial charge in [-0.1, -0.05) is 0 Å². The van der Waals surface area contributed by atoms with Gasteiger partial charge in [0.1, 0.15) is 18.2 Å². The number of aryl methyl sites for hydroxylation is 2. The molecule has 0 atom stereocenters. The normalized spacial score (nSPS) is 11.3. The van der Waals surface area contributed by atoms with Gasteiger partial charge in [-0.3, -0.25) is 4.68 Å². The van der Waals surface area contributed by atoms with Crippen molar-refractivity contribution in [3.8, 4) is 0 Å². The molecule has 0 spiro atoms. The fourth-order valence-electron chi connectivity index (χ4n) is 2.37. The van der Waals surface area contributed by atoms with E-state index in [0.29, 0.717) is 19.0 Å². The molecule has 8 nitrogen and oxygen atoms in total. The van der Waals surface area contributed by atoms with Gasteiger partial charge in [0.15, 0.2) is 11.5 Å². The SMILES string of the molecule is COCc1nc(N(C)Cc2nccn2C)c2cnn(C)c2n1. The van der Waals surface area contributed by atoms with E-state index >= 15 is 0 Å². The maximum atomic E-state index is 5.16. The van der Waals surface area contributed by atoms with Gasteiger partial charge in [0.2, 0.25) is 0 Å². The zero-order valence-corrected chi connectivity index (χ0v) is 13.2. The Bertz CT molecular complexity index is 792. The highest BCUT2D eigenvalue weighted by molar-refractivity contribution is 5.86. The maximum Gasteiger partial charge on any atom is 0.163 e. The second kappa shape index (κ2) is 5.72. The molecule has 0 fully saturated rings. The predicted octanol–water partition coefficient (Wildman–Crippen LogP) is 0.880. The minimum Gasteiger partial charge on any atom is -0.377 e. The first-order chi connectivity index (χ1) is 10.6. The predicted molar refractivity (Wildman–Crippen MR) is 82.3 cm³/mol. The van der Waals surface area contributed by atoms with Gasteiger partial charge >= 0.3 is 0 Å². The Morgan fingerprint density at radius 3 is 2.77 bits per heavy atom. The fraction of sp³-hybridized carbons (Fsp3) is 0.429. The van der Waals surface area contributed by atoms with Gasteiger partial charge in [-0.05, 0) is 0 Å². The van der Waals surface area contributed by atoms with E-state index in [1.807, 2.05) is 36.8 Å². The van der Waals surface area contributed by atoms with Crippen LogP contribution < -0.4 is 4.90 Å². The molecule has 3 aromatic rings. The molecule has 0 aliphatic carbocycles. The van der Waals surface area contributed by atoms with Gasteiger partial charge in [0.25, 0.3) is 0 Å². The number of imidazole rings is 1. The number of methoxy groups -OCH3 is 1. The van der Waals surface area contributed by atoms with Crippen LogP contribution in [0.4, 0.5) is 5.82 Å². The van der Waals surface area contributed by atoms with Crippen molar-refractivity contribution >= 4 is 16.9 Å². The van der Waals surface area contributed by atoms with Gasteiger partial charge in [-0.25, -0.2) is 15.0 Å². The van der Waals surface area contributed by atoms with E-state index in [9.17, 15) is 0 Å². The summed E-state index contributed by atoms with van der Waals surface area (Å²) in [6.45, 7) is 1.02. The molecule has 0 saturated carbocycles. The van der Waals surface area contributed by atoms with Crippen LogP contribution in [0.3, 0.4) is 0 Å². The molecule has 0 aliphatic rings. The molecular weight excluding hydrogens is 282 g/mol. The van der Waals surface area contributed by atoms with E-state index in [-0.39, 0.29) is 0 Å². The first-order valence-corrected chi connectivity index (χ1v) is 6.95. The summed E-state index contributed by atoms with van der Waals surface area (Å²) in [4.78, 5) is 15.5. The number of nitrogens with zero attached hydrogens (tertiary/aromatic N) is 7. The van der Waals surface area contributed by atoms with E-state index < -0.39 is 0 Å². The molecule has 0 N–H and O–H groups in total. The molecule has 0 aliphatic heterocycles. The third kappa shape index (κ3) is 2.52. The van der Waals surface area contributed by atoms with Gasteiger partial charge in [0.05, 0.1) is 18.1 Å². The molecule has 0 amide bonds. The molecule has 116 valence electrons. The third-order valence-electron chi connectivity index (χ3n) is 3.55. The molecule has 3 rings (SSSR count). The smallest absolute Gasteiger partial charge is 0.163 e. The summed E-state index contributed by atoms with van der Waals surface area (Å²) >= 11 is 0. The summed E-state index contributed by atoms with van der Waals surface area (Å²) in [5.41, 5.74) is 0.795. The minimum atomic E-state index is 0.365. The summed E-state index contributed by atoms with van der Waals surface area (Å²) in [7, 11) is 7.47. The van der Waals surface area contributed by atoms with Crippen molar-refractivity contribution in [2.24, 2.45) is 14.1 Å². The molecule has 22 heavy (non-hydrogen) atoms. The Morgan fingerprint density at radius 2 is 2.09 bits per heavy atom. The van der Waals surface area contributed by atoms with Gasteiger partial charge in [0, 0.05) is 40.6 Å². The van der Waals surface area contributed by atoms with E-state index in [1.54, 1.807) is 24.2 Å². The van der Waals surface area contributed by atoms with E-state index in [2.05, 4.69) is 20.1 Å². The van der Waals surface area contributed by atoms with Crippen molar-refractivity contribution in [1.82, 2.24) is 29.3 Å². The Balaban J connectivity index is 2.02. The number of rotatable bonds is 5. The molecule has 0 aromatic carbocycles. The van der Waals surface area contributed by atoms with Crippen LogP contribution in [0.5, 0.6) is 0 Å². The van der Waals surface area contributed by atoms with Crippen LogP contribution in [0.1, 0.15) is 11.6 Å². The van der Waals surface area contributed by atoms with Crippen molar-refractivity contribution in [2.75, 3.05) is 19.1 Å². The lowest BCUT2D eigenvalue weighted by molar-refractivity contribution is 0.178. The third-order valence-corrected chi connectivity index (χ3v) is 3.55. The second-order valence-corrected chi connectivity index (χ2v) is 5.21. The molecule has 0 unspecified atom stereocenters. The fourth-order valence-corrected chi connectivity index (χ4v) is 2.37. The van der Waals surface area contributed by atoms with Gasteiger partial charge < -0.3 is 14.2 Å². The van der Waals surface area contributed by atoms with E-state index in [1.165, 1.54) is 0 Å². The molecule has 3 aromatic heterocycles. The van der Waals surface area contributed by atoms with Gasteiger partial charge in [-0.15, -0.1) is 0 Å². The van der Waals surface area contributed by atoms with Crippen LogP contribution >= 0.6 is 0 Å². The van der Waals surface area contributed by atoms with Crippen LogP contribution in [0.15, 0.2) is 18.6 Å². The number of fused-ring (bicyclic) bond motifs is 1. The average molecular weight is 301 g/mol. The Morgan fingerprint density at radius 1 is 1.27 bits per heavy atom. The number of ether oxygens (including phenoxy) is 1. The van der Waals surface area contributed by atoms with Crippen LogP contribution in [-0.4, -0.2) is 43.5 Å². The average Bonchev–Trinajstić information content (AvgIpc) is 3.06. The van der Waals surface area contributed by atoms with Crippen LogP contribution in [0, 0.1) is 0 Å². The summed E-state index contributed by atoms with van der Waals surface area (Å²) in [6, 6.07) is 0. The highest BCUT2D eigenvalue weighted by Crippen LogP contribution is 2.23.